The highest BCUT2D eigenvalue weighted by atomic mass is 16.4. The molecule has 3 heterocycles. The topological polar surface area (TPSA) is 21.9 Å². The van der Waals surface area contributed by atoms with Crippen LogP contribution in [0.2, 0.25) is 0 Å². The molecule has 0 aliphatic carbocycles. The Hall–Kier alpha value is -2.55. The van der Waals surface area contributed by atoms with Crippen LogP contribution in [0.4, 0.5) is 0 Å². The Labute approximate surface area is 115 Å². The number of rotatable bonds is 0. The third kappa shape index (κ3) is 1.05. The average Bonchev–Trinajstić information content (AvgIpc) is 3.09. The van der Waals surface area contributed by atoms with Crippen molar-refractivity contribution in [1.29, 1.82) is 0 Å². The molecule has 5 rings (SSSR count). The van der Waals surface area contributed by atoms with Crippen molar-refractivity contribution in [2.45, 2.75) is 6.54 Å². The zero-order chi connectivity index (χ0) is 13.3. The maximum atomic E-state index is 6.18. The molecular weight excluding hydrogens is 248 g/mol. The molecule has 20 heavy (non-hydrogen) atoms. The maximum Gasteiger partial charge on any atom is 0.383 e. The van der Waals surface area contributed by atoms with E-state index in [9.17, 15) is 0 Å². The summed E-state index contributed by atoms with van der Waals surface area (Å²) >= 11 is 0. The van der Waals surface area contributed by atoms with E-state index in [0.29, 0.717) is 0 Å². The first-order valence-corrected chi connectivity index (χ1v) is 6.82. The van der Waals surface area contributed by atoms with E-state index in [1.165, 1.54) is 27.5 Å². The lowest BCUT2D eigenvalue weighted by atomic mass is 10.1. The molecule has 0 bridgehead atoms. The van der Waals surface area contributed by atoms with Gasteiger partial charge in [0.25, 0.3) is 11.2 Å². The van der Waals surface area contributed by atoms with Crippen LogP contribution >= 0.6 is 0 Å². The largest absolute Gasteiger partial charge is 0.383 e. The number of fused-ring (bicyclic) bond motifs is 7. The molecule has 1 aliphatic rings. The number of nitrogens with zero attached hydrogens (tertiary/aromatic N) is 2. The van der Waals surface area contributed by atoms with Gasteiger partial charge in [0.2, 0.25) is 0 Å². The Balaban J connectivity index is 1.97. The van der Waals surface area contributed by atoms with Gasteiger partial charge in [-0.05, 0) is 18.2 Å². The number of oxazole rings is 1. The van der Waals surface area contributed by atoms with E-state index in [1.807, 2.05) is 0 Å². The lowest BCUT2D eigenvalue weighted by Crippen LogP contribution is -2.30. The lowest BCUT2D eigenvalue weighted by molar-refractivity contribution is -0.648. The van der Waals surface area contributed by atoms with Crippen LogP contribution < -0.4 is 4.57 Å². The molecule has 4 aromatic rings. The number of aryl methyl sites for hydroxylation is 1. The molecular formula is C17H13N2O+. The Kier molecular flexibility index (Phi) is 1.70. The molecule has 0 saturated carbocycles. The SMILES string of the molecule is Cn1c2ccccc2c2c1oc1[n+]2Cc2ccccc2-1. The van der Waals surface area contributed by atoms with E-state index in [4.69, 9.17) is 4.42 Å². The number of hydrogen-bond acceptors (Lipinski definition) is 1. The quantitative estimate of drug-likeness (QED) is 0.392. The van der Waals surface area contributed by atoms with E-state index in [1.54, 1.807) is 0 Å². The third-order valence-corrected chi connectivity index (χ3v) is 4.31. The van der Waals surface area contributed by atoms with Gasteiger partial charge in [-0.1, -0.05) is 30.3 Å². The van der Waals surface area contributed by atoms with Crippen molar-refractivity contribution in [2.75, 3.05) is 0 Å². The third-order valence-electron chi connectivity index (χ3n) is 4.31. The summed E-state index contributed by atoms with van der Waals surface area (Å²) in [5, 5.41) is 1.26. The number of hydrogen-bond donors (Lipinski definition) is 0. The summed E-state index contributed by atoms with van der Waals surface area (Å²) in [5.41, 5.74) is 5.92. The van der Waals surface area contributed by atoms with Gasteiger partial charge in [-0.3, -0.25) is 0 Å². The van der Waals surface area contributed by atoms with Gasteiger partial charge in [-0.15, -0.1) is 4.57 Å². The Bertz CT molecular complexity index is 991. The summed E-state index contributed by atoms with van der Waals surface area (Å²) in [5.74, 6) is 0.979. The number of benzene rings is 2. The molecule has 2 aromatic heterocycles. The van der Waals surface area contributed by atoms with E-state index < -0.39 is 0 Å². The van der Waals surface area contributed by atoms with Gasteiger partial charge in [-0.25, -0.2) is 0 Å². The predicted octanol–water partition coefficient (Wildman–Crippen LogP) is 3.24. The van der Waals surface area contributed by atoms with Crippen molar-refractivity contribution in [3.8, 4) is 11.5 Å². The van der Waals surface area contributed by atoms with Crippen LogP contribution in [0.3, 0.4) is 0 Å². The zero-order valence-electron chi connectivity index (χ0n) is 11.1. The molecule has 1 aliphatic heterocycles. The maximum absolute atomic E-state index is 6.18. The van der Waals surface area contributed by atoms with Crippen molar-refractivity contribution >= 4 is 22.1 Å². The lowest BCUT2D eigenvalue weighted by Gasteiger charge is -1.93. The fraction of sp³-hybridized carbons (Fsp3) is 0.118. The molecule has 0 saturated heterocycles. The van der Waals surface area contributed by atoms with Gasteiger partial charge in [-0.2, -0.15) is 0 Å². The highest BCUT2D eigenvalue weighted by Crippen LogP contribution is 2.34. The molecule has 0 unspecified atom stereocenters. The Morgan fingerprint density at radius 1 is 1.05 bits per heavy atom. The first kappa shape index (κ1) is 10.3. The van der Waals surface area contributed by atoms with Gasteiger partial charge < -0.3 is 8.98 Å². The highest BCUT2D eigenvalue weighted by Gasteiger charge is 2.36. The monoisotopic (exact) mass is 261 g/mol. The fourth-order valence-corrected chi connectivity index (χ4v) is 3.36. The van der Waals surface area contributed by atoms with Crippen LogP contribution in [0.1, 0.15) is 5.56 Å². The number of aromatic nitrogens is 2. The summed E-state index contributed by atoms with van der Waals surface area (Å²) < 4.78 is 10.6. The molecule has 96 valence electrons. The standard InChI is InChI=1S/C17H13N2O/c1-18-14-9-5-4-8-13(14)15-17(18)20-16-12-7-3-2-6-11(12)10-19(15)16/h2-9H,10H2,1H3/q+1. The minimum Gasteiger partial charge on any atom is -0.380 e. The van der Waals surface area contributed by atoms with Crippen molar-refractivity contribution in [1.82, 2.24) is 4.57 Å². The second kappa shape index (κ2) is 3.31. The summed E-state index contributed by atoms with van der Waals surface area (Å²) in [6, 6.07) is 16.9. The van der Waals surface area contributed by atoms with Crippen molar-refractivity contribution in [2.24, 2.45) is 7.05 Å². The fourth-order valence-electron chi connectivity index (χ4n) is 3.36. The van der Waals surface area contributed by atoms with E-state index >= 15 is 0 Å². The van der Waals surface area contributed by atoms with Crippen LogP contribution in [-0.4, -0.2) is 4.57 Å². The van der Waals surface area contributed by atoms with Crippen molar-refractivity contribution < 1.29 is 8.98 Å². The second-order valence-electron chi connectivity index (χ2n) is 5.38. The minimum absolute atomic E-state index is 0.895. The average molecular weight is 261 g/mol. The van der Waals surface area contributed by atoms with Gasteiger partial charge >= 0.3 is 5.89 Å². The summed E-state index contributed by atoms with van der Waals surface area (Å²) in [7, 11) is 2.07. The van der Waals surface area contributed by atoms with E-state index in [0.717, 1.165) is 18.1 Å². The normalized spacial score (nSPS) is 13.1. The molecule has 0 amide bonds. The first-order valence-electron chi connectivity index (χ1n) is 6.82. The van der Waals surface area contributed by atoms with Gasteiger partial charge in [0.05, 0.1) is 16.5 Å². The van der Waals surface area contributed by atoms with Crippen LogP contribution in [0.15, 0.2) is 52.9 Å². The zero-order valence-corrected chi connectivity index (χ0v) is 11.1. The summed E-state index contributed by atoms with van der Waals surface area (Å²) in [6.45, 7) is 0.895. The van der Waals surface area contributed by atoms with Crippen LogP contribution in [0, 0.1) is 0 Å². The number of para-hydroxylation sites is 1. The molecule has 3 nitrogen and oxygen atoms in total. The van der Waals surface area contributed by atoms with Crippen LogP contribution in [-0.2, 0) is 13.6 Å². The molecule has 2 aromatic carbocycles. The second-order valence-corrected chi connectivity index (χ2v) is 5.38. The Morgan fingerprint density at radius 2 is 1.85 bits per heavy atom. The smallest absolute Gasteiger partial charge is 0.380 e. The molecule has 0 N–H and O–H groups in total. The molecule has 0 atom stereocenters. The van der Waals surface area contributed by atoms with Crippen LogP contribution in [0.25, 0.3) is 33.6 Å². The van der Waals surface area contributed by atoms with E-state index in [-0.39, 0.29) is 0 Å². The molecule has 3 heteroatoms. The van der Waals surface area contributed by atoms with Crippen molar-refractivity contribution in [3.63, 3.8) is 0 Å². The van der Waals surface area contributed by atoms with Crippen LogP contribution in [0.5, 0.6) is 0 Å². The van der Waals surface area contributed by atoms with Gasteiger partial charge in [0.15, 0.2) is 6.54 Å². The van der Waals surface area contributed by atoms with Gasteiger partial charge in [0, 0.05) is 12.6 Å². The van der Waals surface area contributed by atoms with Crippen molar-refractivity contribution in [3.05, 3.63) is 54.1 Å². The molecule has 0 radical (unpaired) electrons. The summed E-state index contributed by atoms with van der Waals surface area (Å²) in [6.07, 6.45) is 0. The van der Waals surface area contributed by atoms with E-state index in [2.05, 4.69) is 64.7 Å². The molecule has 0 spiro atoms. The minimum atomic E-state index is 0.895. The predicted molar refractivity (Wildman–Crippen MR) is 77.4 cm³/mol. The molecule has 0 fully saturated rings. The van der Waals surface area contributed by atoms with Gasteiger partial charge in [0.1, 0.15) is 0 Å². The highest BCUT2D eigenvalue weighted by molar-refractivity contribution is 6.02. The Morgan fingerprint density at radius 3 is 2.80 bits per heavy atom. The first-order chi connectivity index (χ1) is 9.84. The summed E-state index contributed by atoms with van der Waals surface area (Å²) in [4.78, 5) is 0.